The summed E-state index contributed by atoms with van der Waals surface area (Å²) in [6, 6.07) is 1.78. The van der Waals surface area contributed by atoms with E-state index in [9.17, 15) is 4.79 Å². The van der Waals surface area contributed by atoms with Crippen molar-refractivity contribution < 1.29 is 9.90 Å². The molecule has 1 rings (SSSR count). The highest BCUT2D eigenvalue weighted by molar-refractivity contribution is 5.92. The Kier molecular flexibility index (Phi) is 4.49. The zero-order chi connectivity index (χ0) is 12.1. The van der Waals surface area contributed by atoms with Gasteiger partial charge >= 0.3 is 0 Å². The lowest BCUT2D eigenvalue weighted by Gasteiger charge is -2.20. The van der Waals surface area contributed by atoms with Crippen LogP contribution in [0, 0.1) is 6.92 Å². The first-order chi connectivity index (χ1) is 7.60. The van der Waals surface area contributed by atoms with E-state index in [-0.39, 0.29) is 12.5 Å². The molecule has 16 heavy (non-hydrogen) atoms. The van der Waals surface area contributed by atoms with Crippen molar-refractivity contribution in [1.29, 1.82) is 0 Å². The van der Waals surface area contributed by atoms with Crippen LogP contribution in [-0.4, -0.2) is 45.4 Å². The van der Waals surface area contributed by atoms with Crippen molar-refractivity contribution in [1.82, 2.24) is 14.7 Å². The van der Waals surface area contributed by atoms with E-state index < -0.39 is 0 Å². The molecule has 0 fully saturated rings. The molecule has 5 nitrogen and oxygen atoms in total. The van der Waals surface area contributed by atoms with E-state index in [0.29, 0.717) is 25.2 Å². The molecule has 0 saturated carbocycles. The highest BCUT2D eigenvalue weighted by Gasteiger charge is 2.17. The third-order valence-electron chi connectivity index (χ3n) is 2.48. The Labute approximate surface area is 95.7 Å². The van der Waals surface area contributed by atoms with Gasteiger partial charge in [-0.2, -0.15) is 5.10 Å². The zero-order valence-electron chi connectivity index (χ0n) is 10.1. The number of hydrogen-bond acceptors (Lipinski definition) is 3. The fraction of sp³-hybridized carbons (Fsp3) is 0.636. The highest BCUT2D eigenvalue weighted by Crippen LogP contribution is 2.06. The molecule has 1 aromatic rings. The number of aliphatic hydroxyl groups is 1. The normalized spacial score (nSPS) is 10.5. The maximum atomic E-state index is 12.1. The lowest BCUT2D eigenvalue weighted by atomic mass is 10.3. The van der Waals surface area contributed by atoms with Gasteiger partial charge < -0.3 is 10.0 Å². The van der Waals surface area contributed by atoms with Crippen molar-refractivity contribution in [3.8, 4) is 0 Å². The molecule has 1 N–H and O–H groups in total. The second kappa shape index (κ2) is 5.65. The van der Waals surface area contributed by atoms with Crippen LogP contribution in [0.15, 0.2) is 6.07 Å². The summed E-state index contributed by atoms with van der Waals surface area (Å²) in [7, 11) is 1.76. The fourth-order valence-corrected chi connectivity index (χ4v) is 1.64. The largest absolute Gasteiger partial charge is 0.396 e. The van der Waals surface area contributed by atoms with Gasteiger partial charge in [-0.3, -0.25) is 9.48 Å². The van der Waals surface area contributed by atoms with Crippen LogP contribution in [0.4, 0.5) is 0 Å². The molecule has 0 atom stereocenters. The minimum atomic E-state index is -0.0287. The fourth-order valence-electron chi connectivity index (χ4n) is 1.64. The molecule has 0 bridgehead atoms. The maximum Gasteiger partial charge on any atom is 0.272 e. The topological polar surface area (TPSA) is 58.4 Å². The molecule has 0 aliphatic carbocycles. The van der Waals surface area contributed by atoms with Gasteiger partial charge in [-0.1, -0.05) is 0 Å². The lowest BCUT2D eigenvalue weighted by Crippen LogP contribution is -2.33. The van der Waals surface area contributed by atoms with E-state index in [1.54, 1.807) is 22.7 Å². The van der Waals surface area contributed by atoms with Crippen molar-refractivity contribution in [2.45, 2.75) is 20.3 Å². The average molecular weight is 225 g/mol. The Balaban J connectivity index is 2.78. The SMILES string of the molecule is CCN(CCCO)C(=O)c1cc(C)nn1C. The lowest BCUT2D eigenvalue weighted by molar-refractivity contribution is 0.0743. The number of rotatable bonds is 5. The van der Waals surface area contributed by atoms with Crippen molar-refractivity contribution in [2.24, 2.45) is 7.05 Å². The minimum Gasteiger partial charge on any atom is -0.396 e. The summed E-state index contributed by atoms with van der Waals surface area (Å²) >= 11 is 0. The number of amides is 1. The summed E-state index contributed by atoms with van der Waals surface area (Å²) in [6.45, 7) is 5.12. The maximum absolute atomic E-state index is 12.1. The predicted molar refractivity (Wildman–Crippen MR) is 61.2 cm³/mol. The smallest absolute Gasteiger partial charge is 0.272 e. The van der Waals surface area contributed by atoms with E-state index in [2.05, 4.69) is 5.10 Å². The van der Waals surface area contributed by atoms with E-state index >= 15 is 0 Å². The van der Waals surface area contributed by atoms with E-state index in [0.717, 1.165) is 5.69 Å². The first-order valence-corrected chi connectivity index (χ1v) is 5.51. The molecule has 0 saturated heterocycles. The number of nitrogens with zero attached hydrogens (tertiary/aromatic N) is 3. The minimum absolute atomic E-state index is 0.0287. The number of carbonyl (C=O) groups is 1. The molecule has 1 heterocycles. The Bertz CT molecular complexity index is 360. The molecule has 0 aliphatic heterocycles. The van der Waals surface area contributed by atoms with Crippen LogP contribution < -0.4 is 0 Å². The van der Waals surface area contributed by atoms with Crippen molar-refractivity contribution in [2.75, 3.05) is 19.7 Å². The third kappa shape index (κ3) is 2.82. The molecular formula is C11H19N3O2. The summed E-state index contributed by atoms with van der Waals surface area (Å²) < 4.78 is 1.60. The second-order valence-electron chi connectivity index (χ2n) is 3.76. The molecule has 0 unspecified atom stereocenters. The third-order valence-corrected chi connectivity index (χ3v) is 2.48. The van der Waals surface area contributed by atoms with Gasteiger partial charge in [-0.05, 0) is 26.3 Å². The molecule has 90 valence electrons. The molecule has 1 amide bonds. The van der Waals surface area contributed by atoms with Crippen LogP contribution in [0.25, 0.3) is 0 Å². The summed E-state index contributed by atoms with van der Waals surface area (Å²) in [4.78, 5) is 13.8. The van der Waals surface area contributed by atoms with Crippen LogP contribution in [0.3, 0.4) is 0 Å². The first kappa shape index (κ1) is 12.7. The Morgan fingerprint density at radius 3 is 2.75 bits per heavy atom. The average Bonchev–Trinajstić information content (AvgIpc) is 2.58. The number of carbonyl (C=O) groups excluding carboxylic acids is 1. The number of hydrogen-bond donors (Lipinski definition) is 1. The monoisotopic (exact) mass is 225 g/mol. The quantitative estimate of drug-likeness (QED) is 0.797. The number of aromatic nitrogens is 2. The molecule has 1 aromatic heterocycles. The Morgan fingerprint density at radius 1 is 1.62 bits per heavy atom. The molecular weight excluding hydrogens is 206 g/mol. The number of aliphatic hydroxyl groups excluding tert-OH is 1. The van der Waals surface area contributed by atoms with Gasteiger partial charge in [0.1, 0.15) is 5.69 Å². The summed E-state index contributed by atoms with van der Waals surface area (Å²) in [5.74, 6) is -0.0287. The zero-order valence-corrected chi connectivity index (χ0v) is 10.1. The second-order valence-corrected chi connectivity index (χ2v) is 3.76. The van der Waals surface area contributed by atoms with Gasteiger partial charge in [0, 0.05) is 26.7 Å². The van der Waals surface area contributed by atoms with Crippen LogP contribution in [0.5, 0.6) is 0 Å². The van der Waals surface area contributed by atoms with Crippen LogP contribution >= 0.6 is 0 Å². The molecule has 0 radical (unpaired) electrons. The van der Waals surface area contributed by atoms with Gasteiger partial charge in [0.25, 0.3) is 5.91 Å². The van der Waals surface area contributed by atoms with Gasteiger partial charge in [0.15, 0.2) is 0 Å². The first-order valence-electron chi connectivity index (χ1n) is 5.51. The number of aryl methyl sites for hydroxylation is 2. The molecule has 0 aromatic carbocycles. The summed E-state index contributed by atoms with van der Waals surface area (Å²) in [5, 5.41) is 12.9. The van der Waals surface area contributed by atoms with Gasteiger partial charge in [0.05, 0.1) is 5.69 Å². The van der Waals surface area contributed by atoms with Crippen LogP contribution in [0.2, 0.25) is 0 Å². The Hall–Kier alpha value is -1.36. The summed E-state index contributed by atoms with van der Waals surface area (Å²) in [5.41, 5.74) is 1.43. The standard InChI is InChI=1S/C11H19N3O2/c1-4-14(6-5-7-15)11(16)10-8-9(2)12-13(10)3/h8,15H,4-7H2,1-3H3. The highest BCUT2D eigenvalue weighted by atomic mass is 16.3. The summed E-state index contributed by atoms with van der Waals surface area (Å²) in [6.07, 6.45) is 0.608. The Morgan fingerprint density at radius 2 is 2.31 bits per heavy atom. The van der Waals surface area contributed by atoms with Crippen molar-refractivity contribution in [3.63, 3.8) is 0 Å². The van der Waals surface area contributed by atoms with Gasteiger partial charge in [-0.15, -0.1) is 0 Å². The van der Waals surface area contributed by atoms with Crippen LogP contribution in [0.1, 0.15) is 29.5 Å². The van der Waals surface area contributed by atoms with Crippen molar-refractivity contribution in [3.05, 3.63) is 17.5 Å². The molecule has 0 aliphatic rings. The van der Waals surface area contributed by atoms with E-state index in [1.807, 2.05) is 13.8 Å². The molecule has 5 heteroatoms. The van der Waals surface area contributed by atoms with Crippen molar-refractivity contribution >= 4 is 5.91 Å². The van der Waals surface area contributed by atoms with Gasteiger partial charge in [0.2, 0.25) is 0 Å². The predicted octanol–water partition coefficient (Wildman–Crippen LogP) is 0.573. The van der Waals surface area contributed by atoms with Crippen LogP contribution in [-0.2, 0) is 7.05 Å². The molecule has 0 spiro atoms. The van der Waals surface area contributed by atoms with E-state index in [4.69, 9.17) is 5.11 Å². The van der Waals surface area contributed by atoms with Gasteiger partial charge in [-0.25, -0.2) is 0 Å². The van der Waals surface area contributed by atoms with E-state index in [1.165, 1.54) is 0 Å².